The molecule has 7 nitrogen and oxygen atoms in total. The zero-order chi connectivity index (χ0) is 19.4. The molecule has 0 atom stereocenters. The summed E-state index contributed by atoms with van der Waals surface area (Å²) in [7, 11) is 0. The van der Waals surface area contributed by atoms with E-state index in [9.17, 15) is 14.4 Å². The zero-order valence-electron chi connectivity index (χ0n) is 15.3. The van der Waals surface area contributed by atoms with Crippen molar-refractivity contribution in [1.82, 2.24) is 10.3 Å². The molecular weight excluding hydrogens is 334 g/mol. The molecule has 0 aliphatic heterocycles. The number of nitrogens with two attached hydrogens (primary N) is 1. The first-order chi connectivity index (χ1) is 12.2. The number of hydrogen-bond acceptors (Lipinski definition) is 4. The first kappa shape index (κ1) is 19.2. The number of benzene rings is 1. The summed E-state index contributed by atoms with van der Waals surface area (Å²) < 4.78 is 5.22. The zero-order valence-corrected chi connectivity index (χ0v) is 15.3. The fourth-order valence-electron chi connectivity index (χ4n) is 2.66. The van der Waals surface area contributed by atoms with Gasteiger partial charge in [-0.3, -0.25) is 9.59 Å². The highest BCUT2D eigenvalue weighted by atomic mass is 16.5. The Labute approximate surface area is 151 Å². The highest BCUT2D eigenvalue weighted by Crippen LogP contribution is 2.19. The standard InChI is InChI=1S/C19H23N3O4/c1-10(2)26-19(25)15-11(3)16(22-12(15)4)18(24)21-9-13-6-5-7-14(8-13)17(20)23/h5-8,10,22H,9H2,1-4H3,(H2,20,23)(H,21,24). The van der Waals surface area contributed by atoms with Crippen LogP contribution in [-0.2, 0) is 11.3 Å². The van der Waals surface area contributed by atoms with Crippen molar-refractivity contribution >= 4 is 17.8 Å². The number of hydrogen-bond donors (Lipinski definition) is 3. The van der Waals surface area contributed by atoms with Crippen molar-refractivity contribution in [3.05, 3.63) is 57.9 Å². The third-order valence-electron chi connectivity index (χ3n) is 3.88. The number of H-pyrrole nitrogens is 1. The Morgan fingerprint density at radius 3 is 2.54 bits per heavy atom. The number of primary amides is 1. The van der Waals surface area contributed by atoms with Gasteiger partial charge in [0.25, 0.3) is 5.91 Å². The van der Waals surface area contributed by atoms with Crippen molar-refractivity contribution in [2.24, 2.45) is 5.73 Å². The lowest BCUT2D eigenvalue weighted by atomic mass is 10.1. The second-order valence-corrected chi connectivity index (χ2v) is 6.33. The summed E-state index contributed by atoms with van der Waals surface area (Å²) in [6.07, 6.45) is -0.244. The van der Waals surface area contributed by atoms with Crippen LogP contribution < -0.4 is 11.1 Å². The van der Waals surface area contributed by atoms with Crippen molar-refractivity contribution < 1.29 is 19.1 Å². The number of rotatable bonds is 6. The molecule has 0 spiro atoms. The SMILES string of the molecule is Cc1[nH]c(C(=O)NCc2cccc(C(N)=O)c2)c(C)c1C(=O)OC(C)C. The molecule has 0 saturated heterocycles. The minimum atomic E-state index is -0.526. The molecule has 1 aromatic carbocycles. The molecule has 0 aliphatic carbocycles. The van der Waals surface area contributed by atoms with Gasteiger partial charge in [-0.25, -0.2) is 4.79 Å². The lowest BCUT2D eigenvalue weighted by Gasteiger charge is -2.08. The van der Waals surface area contributed by atoms with Crippen molar-refractivity contribution in [3.63, 3.8) is 0 Å². The molecule has 0 bridgehead atoms. The topological polar surface area (TPSA) is 114 Å². The monoisotopic (exact) mass is 357 g/mol. The first-order valence-electron chi connectivity index (χ1n) is 8.27. The predicted molar refractivity (Wildman–Crippen MR) is 96.9 cm³/mol. The Balaban J connectivity index is 2.14. The minimum Gasteiger partial charge on any atom is -0.459 e. The molecule has 4 N–H and O–H groups in total. The van der Waals surface area contributed by atoms with Crippen LogP contribution in [0.25, 0.3) is 0 Å². The normalized spacial score (nSPS) is 10.7. The van der Waals surface area contributed by atoms with Crippen LogP contribution in [-0.4, -0.2) is 28.9 Å². The third kappa shape index (κ3) is 4.30. The van der Waals surface area contributed by atoms with Gasteiger partial charge in [-0.05, 0) is 51.0 Å². The van der Waals surface area contributed by atoms with Crippen LogP contribution >= 0.6 is 0 Å². The molecule has 0 aliphatic rings. The Bertz CT molecular complexity index is 852. The molecule has 0 radical (unpaired) electrons. The van der Waals surface area contributed by atoms with Gasteiger partial charge >= 0.3 is 5.97 Å². The summed E-state index contributed by atoms with van der Waals surface area (Å²) in [6, 6.07) is 6.72. The van der Waals surface area contributed by atoms with Gasteiger partial charge in [0.2, 0.25) is 5.91 Å². The Morgan fingerprint density at radius 2 is 1.92 bits per heavy atom. The summed E-state index contributed by atoms with van der Waals surface area (Å²) in [6.45, 7) is 7.18. The molecular formula is C19H23N3O4. The number of aromatic nitrogens is 1. The fraction of sp³-hybridized carbons (Fsp3) is 0.316. The summed E-state index contributed by atoms with van der Waals surface area (Å²) in [5.74, 6) is -1.33. The highest BCUT2D eigenvalue weighted by Gasteiger charge is 2.23. The van der Waals surface area contributed by atoms with Gasteiger partial charge in [0.05, 0.1) is 11.7 Å². The number of nitrogens with one attached hydrogen (secondary N) is 2. The molecule has 0 fully saturated rings. The maximum absolute atomic E-state index is 12.5. The van der Waals surface area contributed by atoms with E-state index in [0.717, 1.165) is 5.56 Å². The van der Waals surface area contributed by atoms with E-state index in [2.05, 4.69) is 10.3 Å². The molecule has 0 saturated carbocycles. The van der Waals surface area contributed by atoms with Crippen molar-refractivity contribution in [1.29, 1.82) is 0 Å². The molecule has 2 rings (SSSR count). The minimum absolute atomic E-state index is 0.225. The number of carbonyl (C=O) groups is 3. The number of esters is 1. The second kappa shape index (κ2) is 7.86. The van der Waals surface area contributed by atoms with Gasteiger partial charge in [0, 0.05) is 17.8 Å². The van der Waals surface area contributed by atoms with Gasteiger partial charge < -0.3 is 20.8 Å². The quantitative estimate of drug-likeness (QED) is 0.688. The summed E-state index contributed by atoms with van der Waals surface area (Å²) >= 11 is 0. The Morgan fingerprint density at radius 1 is 1.23 bits per heavy atom. The van der Waals surface area contributed by atoms with Gasteiger partial charge in [0.1, 0.15) is 5.69 Å². The van der Waals surface area contributed by atoms with Gasteiger partial charge in [-0.15, -0.1) is 0 Å². The van der Waals surface area contributed by atoms with E-state index >= 15 is 0 Å². The average Bonchev–Trinajstić information content (AvgIpc) is 2.87. The number of carbonyl (C=O) groups excluding carboxylic acids is 3. The Hall–Kier alpha value is -3.09. The van der Waals surface area contributed by atoms with Crippen LogP contribution in [0, 0.1) is 13.8 Å². The van der Waals surface area contributed by atoms with Gasteiger partial charge in [-0.2, -0.15) is 0 Å². The number of aryl methyl sites for hydroxylation is 1. The molecule has 1 heterocycles. The van der Waals surface area contributed by atoms with Crippen molar-refractivity contribution in [2.45, 2.75) is 40.3 Å². The Kier molecular flexibility index (Phi) is 5.82. The van der Waals surface area contributed by atoms with Crippen molar-refractivity contribution in [2.75, 3.05) is 0 Å². The molecule has 26 heavy (non-hydrogen) atoms. The lowest BCUT2D eigenvalue weighted by molar-refractivity contribution is 0.0376. The molecule has 138 valence electrons. The van der Waals surface area contributed by atoms with Gasteiger partial charge in [-0.1, -0.05) is 12.1 Å². The first-order valence-corrected chi connectivity index (χ1v) is 8.27. The van der Waals surface area contributed by atoms with E-state index in [1.807, 2.05) is 0 Å². The van der Waals surface area contributed by atoms with Crippen LogP contribution in [0.15, 0.2) is 24.3 Å². The lowest BCUT2D eigenvalue weighted by Crippen LogP contribution is -2.24. The molecule has 0 unspecified atom stereocenters. The maximum Gasteiger partial charge on any atom is 0.340 e. The highest BCUT2D eigenvalue weighted by molar-refractivity contribution is 6.00. The van der Waals surface area contributed by atoms with E-state index in [1.165, 1.54) is 0 Å². The second-order valence-electron chi connectivity index (χ2n) is 6.33. The van der Waals surface area contributed by atoms with Crippen LogP contribution in [0.2, 0.25) is 0 Å². The largest absolute Gasteiger partial charge is 0.459 e. The average molecular weight is 357 g/mol. The van der Waals surface area contributed by atoms with E-state index in [1.54, 1.807) is 52.0 Å². The van der Waals surface area contributed by atoms with E-state index in [0.29, 0.717) is 28.1 Å². The fourth-order valence-corrected chi connectivity index (χ4v) is 2.66. The summed E-state index contributed by atoms with van der Waals surface area (Å²) in [4.78, 5) is 38.8. The smallest absolute Gasteiger partial charge is 0.340 e. The van der Waals surface area contributed by atoms with E-state index < -0.39 is 11.9 Å². The summed E-state index contributed by atoms with van der Waals surface area (Å²) in [5, 5.41) is 2.77. The van der Waals surface area contributed by atoms with Gasteiger partial charge in [0.15, 0.2) is 0 Å². The number of ether oxygens (including phenoxy) is 1. The van der Waals surface area contributed by atoms with Crippen LogP contribution in [0.3, 0.4) is 0 Å². The van der Waals surface area contributed by atoms with Crippen LogP contribution in [0.5, 0.6) is 0 Å². The molecule has 2 aromatic rings. The number of aromatic amines is 1. The van der Waals surface area contributed by atoms with E-state index in [-0.39, 0.29) is 18.6 Å². The number of amides is 2. The molecule has 1 aromatic heterocycles. The summed E-state index contributed by atoms with van der Waals surface area (Å²) in [5.41, 5.74) is 8.18. The molecule has 2 amide bonds. The van der Waals surface area contributed by atoms with Crippen LogP contribution in [0.1, 0.15) is 61.9 Å². The maximum atomic E-state index is 12.5. The van der Waals surface area contributed by atoms with Crippen LogP contribution in [0.4, 0.5) is 0 Å². The van der Waals surface area contributed by atoms with Crippen molar-refractivity contribution in [3.8, 4) is 0 Å². The third-order valence-corrected chi connectivity index (χ3v) is 3.88. The predicted octanol–water partition coefficient (Wildman–Crippen LogP) is 2.23. The molecule has 7 heteroatoms. The van der Waals surface area contributed by atoms with E-state index in [4.69, 9.17) is 10.5 Å².